The maximum Gasteiger partial charge on any atom is 0.470 e. The van der Waals surface area contributed by atoms with E-state index in [1.54, 1.807) is 21.1 Å². The lowest BCUT2D eigenvalue weighted by atomic mass is 10.2. The number of piperazine rings is 1. The SMILES string of the molecule is CN(CCC[N+](C)(C)C)S(=O)(=O)C(=C(F)F)N1C(F)(F)C(F)(F)N(C(F)(F)F)C(F)(F)C1(F)F. The van der Waals surface area contributed by atoms with E-state index in [2.05, 4.69) is 0 Å². The van der Waals surface area contributed by atoms with Crippen LogP contribution in [0.1, 0.15) is 6.42 Å². The van der Waals surface area contributed by atoms with Gasteiger partial charge >= 0.3 is 36.6 Å². The van der Waals surface area contributed by atoms with Crippen molar-refractivity contribution in [2.75, 3.05) is 41.3 Å². The van der Waals surface area contributed by atoms with Gasteiger partial charge in [0.15, 0.2) is 0 Å². The van der Waals surface area contributed by atoms with E-state index in [4.69, 9.17) is 0 Å². The minimum Gasteiger partial charge on any atom is -0.331 e. The summed E-state index contributed by atoms with van der Waals surface area (Å²) >= 11 is 0. The molecule has 6 nitrogen and oxygen atoms in total. The molecule has 0 aromatic carbocycles. The third kappa shape index (κ3) is 4.90. The predicted octanol–water partition coefficient (Wildman–Crippen LogP) is 3.92. The summed E-state index contributed by atoms with van der Waals surface area (Å²) in [6.45, 7) is -0.801. The van der Waals surface area contributed by atoms with E-state index in [9.17, 15) is 65.5 Å². The van der Waals surface area contributed by atoms with E-state index in [0.29, 0.717) is 7.05 Å². The van der Waals surface area contributed by atoms with Crippen LogP contribution in [0.2, 0.25) is 0 Å². The molecule has 0 amide bonds. The largest absolute Gasteiger partial charge is 0.470 e. The van der Waals surface area contributed by atoms with Gasteiger partial charge in [-0.1, -0.05) is 4.90 Å². The molecule has 0 bridgehead atoms. The summed E-state index contributed by atoms with van der Waals surface area (Å²) in [5.41, 5.74) is 0. The Morgan fingerprint density at radius 2 is 1.24 bits per heavy atom. The summed E-state index contributed by atoms with van der Waals surface area (Å²) in [6.07, 6.45) is -11.6. The van der Waals surface area contributed by atoms with Gasteiger partial charge in [0.2, 0.25) is 5.03 Å². The van der Waals surface area contributed by atoms with E-state index in [1.807, 2.05) is 0 Å². The molecule has 20 heteroatoms. The highest BCUT2D eigenvalue weighted by Gasteiger charge is 2.90. The molecule has 34 heavy (non-hydrogen) atoms. The first-order chi connectivity index (χ1) is 14.7. The van der Waals surface area contributed by atoms with Crippen molar-refractivity contribution >= 4 is 10.0 Å². The summed E-state index contributed by atoms with van der Waals surface area (Å²) in [5.74, 6) is 0. The minimum atomic E-state index is -7.34. The van der Waals surface area contributed by atoms with E-state index in [-0.39, 0.29) is 21.8 Å². The van der Waals surface area contributed by atoms with Crippen molar-refractivity contribution in [2.24, 2.45) is 0 Å². The summed E-state index contributed by atoms with van der Waals surface area (Å²) in [6, 6.07) is -29.1. The summed E-state index contributed by atoms with van der Waals surface area (Å²) in [4.78, 5) is -6.99. The van der Waals surface area contributed by atoms with E-state index >= 15 is 0 Å². The van der Waals surface area contributed by atoms with Crippen molar-refractivity contribution in [3.8, 4) is 0 Å². The highest BCUT2D eigenvalue weighted by Crippen LogP contribution is 2.62. The maximum absolute atomic E-state index is 14.2. The molecular weight excluding hydrogens is 535 g/mol. The third-order valence-electron chi connectivity index (χ3n) is 4.42. The average molecular weight is 553 g/mol. The number of hydrogen-bond acceptors (Lipinski definition) is 4. The standard InChI is InChI=1S/C14H18F13N4O2S/c1-28(6-5-7-31(2,3)4)34(32,33)9(8(15)16)29-10(17,18)12(21,22)30(14(25,26)27)13(23,24)11(29,19)20/h5-7H2,1-4H3/q+1. The van der Waals surface area contributed by atoms with Crippen LogP contribution in [0, 0.1) is 0 Å². The fourth-order valence-electron chi connectivity index (χ4n) is 2.80. The first kappa shape index (κ1) is 30.5. The highest BCUT2D eigenvalue weighted by atomic mass is 32.2. The first-order valence-corrected chi connectivity index (χ1v) is 10.1. The molecule has 0 N–H and O–H groups in total. The molecule has 1 saturated heterocycles. The monoisotopic (exact) mass is 553 g/mol. The second-order valence-electron chi connectivity index (χ2n) is 8.06. The zero-order chi connectivity index (χ0) is 27.5. The number of rotatable bonds is 7. The van der Waals surface area contributed by atoms with Crippen LogP contribution >= 0.6 is 0 Å². The Kier molecular flexibility index (Phi) is 7.66. The molecule has 0 aromatic heterocycles. The number of alkyl halides is 11. The van der Waals surface area contributed by atoms with Gasteiger partial charge in [0.1, 0.15) is 0 Å². The molecule has 0 aromatic rings. The van der Waals surface area contributed by atoms with Crippen LogP contribution in [0.5, 0.6) is 0 Å². The Morgan fingerprint density at radius 1 is 0.853 bits per heavy atom. The molecule has 0 aliphatic carbocycles. The number of nitrogens with zero attached hydrogens (tertiary/aromatic N) is 4. The minimum absolute atomic E-state index is 0.0731. The van der Waals surface area contributed by atoms with Crippen LogP contribution in [-0.2, 0) is 10.0 Å². The van der Waals surface area contributed by atoms with Gasteiger partial charge in [0.25, 0.3) is 10.0 Å². The second-order valence-corrected chi connectivity index (χ2v) is 10.0. The van der Waals surface area contributed by atoms with E-state index in [1.165, 1.54) is 0 Å². The Balaban J connectivity index is 3.77. The molecule has 0 saturated carbocycles. The number of hydrogen-bond donors (Lipinski definition) is 0. The summed E-state index contributed by atoms with van der Waals surface area (Å²) < 4.78 is 202. The van der Waals surface area contributed by atoms with Gasteiger partial charge in [-0.25, -0.2) is 13.3 Å². The van der Waals surface area contributed by atoms with Crippen molar-refractivity contribution in [1.29, 1.82) is 0 Å². The summed E-state index contributed by atoms with van der Waals surface area (Å²) in [5, 5.41) is -3.71. The van der Waals surface area contributed by atoms with Crippen molar-refractivity contribution in [3.63, 3.8) is 0 Å². The van der Waals surface area contributed by atoms with Gasteiger partial charge in [0, 0.05) is 20.0 Å². The fraction of sp³-hybridized carbons (Fsp3) is 0.857. The van der Waals surface area contributed by atoms with Crippen molar-refractivity contribution in [1.82, 2.24) is 14.1 Å². The zero-order valence-corrected chi connectivity index (χ0v) is 18.4. The number of halogens is 13. The van der Waals surface area contributed by atoms with Crippen LogP contribution in [0.4, 0.5) is 57.1 Å². The van der Waals surface area contributed by atoms with E-state index < -0.39 is 68.0 Å². The van der Waals surface area contributed by atoms with Gasteiger partial charge in [-0.05, 0) is 0 Å². The van der Waals surface area contributed by atoms with Gasteiger partial charge in [-0.2, -0.15) is 61.4 Å². The van der Waals surface area contributed by atoms with Crippen LogP contribution in [-0.4, -0.2) is 98.8 Å². The van der Waals surface area contributed by atoms with Gasteiger partial charge in [0.05, 0.1) is 27.7 Å². The molecule has 1 aliphatic rings. The molecule has 0 atom stereocenters. The predicted molar refractivity (Wildman–Crippen MR) is 87.8 cm³/mol. The lowest BCUT2D eigenvalue weighted by Crippen LogP contribution is -2.83. The zero-order valence-electron chi connectivity index (χ0n) is 17.5. The Labute approximate surface area is 184 Å². The van der Waals surface area contributed by atoms with Gasteiger partial charge in [-0.15, -0.1) is 0 Å². The van der Waals surface area contributed by atoms with Crippen LogP contribution in [0.25, 0.3) is 0 Å². The molecule has 0 radical (unpaired) electrons. The topological polar surface area (TPSA) is 43.9 Å². The van der Waals surface area contributed by atoms with Crippen molar-refractivity contribution in [3.05, 3.63) is 11.1 Å². The number of sulfonamides is 1. The molecule has 1 fully saturated rings. The van der Waals surface area contributed by atoms with Crippen LogP contribution < -0.4 is 0 Å². The molecule has 202 valence electrons. The normalized spacial score (nSPS) is 22.7. The Bertz CT molecular complexity index is 880. The first-order valence-electron chi connectivity index (χ1n) is 8.69. The lowest BCUT2D eigenvalue weighted by molar-refractivity contribution is -0.870. The molecule has 1 rings (SSSR count). The Hall–Kier alpha value is -1.54. The van der Waals surface area contributed by atoms with Gasteiger partial charge < -0.3 is 4.48 Å². The lowest BCUT2D eigenvalue weighted by Gasteiger charge is -2.53. The fourth-order valence-corrected chi connectivity index (χ4v) is 4.12. The van der Waals surface area contributed by atoms with Crippen molar-refractivity contribution in [2.45, 2.75) is 36.9 Å². The molecule has 0 spiro atoms. The highest BCUT2D eigenvalue weighted by molar-refractivity contribution is 7.92. The van der Waals surface area contributed by atoms with E-state index in [0.717, 1.165) is 0 Å². The van der Waals surface area contributed by atoms with Crippen molar-refractivity contribution < 1.29 is 70.0 Å². The van der Waals surface area contributed by atoms with Gasteiger partial charge in [-0.3, -0.25) is 0 Å². The third-order valence-corrected chi connectivity index (χ3v) is 6.25. The number of quaternary nitrogens is 1. The van der Waals surface area contributed by atoms with Crippen LogP contribution in [0.15, 0.2) is 11.1 Å². The molecule has 0 unspecified atom stereocenters. The maximum atomic E-state index is 14.2. The smallest absolute Gasteiger partial charge is 0.331 e. The summed E-state index contributed by atoms with van der Waals surface area (Å²) in [7, 11) is -1.32. The van der Waals surface area contributed by atoms with Crippen LogP contribution in [0.3, 0.4) is 0 Å². The quantitative estimate of drug-likeness (QED) is 0.273. The second kappa shape index (κ2) is 8.54. The average Bonchev–Trinajstić information content (AvgIpc) is 2.53. The molecular formula is C14H18F13N4O2S+. The Morgan fingerprint density at radius 3 is 1.53 bits per heavy atom. The molecule has 1 heterocycles. The molecule has 1 aliphatic heterocycles.